The standard InChI is InChI=1S/C24H29NOSi/c1-27(2,3)18-8-17-26-24-12-7-11-23(19-24)25-22-15-13-21(14-16-22)20-9-5-4-6-10-20/h4-7,9-16,19,25H,8,17-18H2,1-3H3. The first-order valence-electron chi connectivity index (χ1n) is 9.65. The quantitative estimate of drug-likeness (QED) is 0.332. The molecule has 0 saturated heterocycles. The Labute approximate surface area is 164 Å². The van der Waals surface area contributed by atoms with Crippen LogP contribution in [0.3, 0.4) is 0 Å². The van der Waals surface area contributed by atoms with Crippen LogP contribution in [0.2, 0.25) is 25.7 Å². The minimum atomic E-state index is -0.979. The van der Waals surface area contributed by atoms with Gasteiger partial charge in [-0.3, -0.25) is 0 Å². The number of nitrogens with one attached hydrogen (secondary N) is 1. The summed E-state index contributed by atoms with van der Waals surface area (Å²) in [5, 5.41) is 3.46. The van der Waals surface area contributed by atoms with E-state index in [1.165, 1.54) is 17.2 Å². The number of benzene rings is 3. The third kappa shape index (κ3) is 6.29. The summed E-state index contributed by atoms with van der Waals surface area (Å²) in [6.45, 7) is 8.00. The summed E-state index contributed by atoms with van der Waals surface area (Å²) in [7, 11) is -0.979. The van der Waals surface area contributed by atoms with Gasteiger partial charge in [0.2, 0.25) is 0 Å². The van der Waals surface area contributed by atoms with Gasteiger partial charge in [0.15, 0.2) is 0 Å². The van der Waals surface area contributed by atoms with Crippen molar-refractivity contribution in [1.82, 2.24) is 0 Å². The maximum Gasteiger partial charge on any atom is 0.121 e. The average Bonchev–Trinajstić information content (AvgIpc) is 2.66. The highest BCUT2D eigenvalue weighted by atomic mass is 28.3. The molecule has 3 rings (SSSR count). The fourth-order valence-corrected chi connectivity index (χ4v) is 4.20. The lowest BCUT2D eigenvalue weighted by atomic mass is 10.1. The van der Waals surface area contributed by atoms with Crippen LogP contribution in [0.15, 0.2) is 78.9 Å². The smallest absolute Gasteiger partial charge is 0.121 e. The third-order valence-electron chi connectivity index (χ3n) is 4.45. The highest BCUT2D eigenvalue weighted by molar-refractivity contribution is 6.76. The summed E-state index contributed by atoms with van der Waals surface area (Å²) < 4.78 is 5.94. The van der Waals surface area contributed by atoms with Gasteiger partial charge in [0.25, 0.3) is 0 Å². The first-order chi connectivity index (χ1) is 13.0. The van der Waals surface area contributed by atoms with E-state index >= 15 is 0 Å². The van der Waals surface area contributed by atoms with Crippen molar-refractivity contribution in [3.63, 3.8) is 0 Å². The van der Waals surface area contributed by atoms with Gasteiger partial charge in [0.1, 0.15) is 5.75 Å². The fourth-order valence-electron chi connectivity index (χ4n) is 3.00. The molecule has 0 bridgehead atoms. The number of ether oxygens (including phenoxy) is 1. The van der Waals surface area contributed by atoms with E-state index < -0.39 is 8.07 Å². The van der Waals surface area contributed by atoms with Crippen LogP contribution in [0, 0.1) is 0 Å². The van der Waals surface area contributed by atoms with Crippen molar-refractivity contribution in [3.8, 4) is 16.9 Å². The highest BCUT2D eigenvalue weighted by Crippen LogP contribution is 2.25. The van der Waals surface area contributed by atoms with Crippen molar-refractivity contribution < 1.29 is 4.74 Å². The molecule has 140 valence electrons. The molecule has 0 aliphatic carbocycles. The number of hydrogen-bond donors (Lipinski definition) is 1. The van der Waals surface area contributed by atoms with Gasteiger partial charge in [0, 0.05) is 25.5 Å². The molecule has 0 spiro atoms. The van der Waals surface area contributed by atoms with Gasteiger partial charge in [0.05, 0.1) is 6.61 Å². The first kappa shape index (κ1) is 19.2. The molecule has 0 aliphatic heterocycles. The van der Waals surface area contributed by atoms with Crippen LogP contribution >= 0.6 is 0 Å². The van der Waals surface area contributed by atoms with Crippen molar-refractivity contribution in [2.24, 2.45) is 0 Å². The predicted molar refractivity (Wildman–Crippen MR) is 120 cm³/mol. The van der Waals surface area contributed by atoms with Crippen molar-refractivity contribution in [3.05, 3.63) is 78.9 Å². The molecule has 0 saturated carbocycles. The SMILES string of the molecule is C[Si](C)(C)CCCOc1cccc(Nc2ccc(-c3ccccc3)cc2)c1. The fraction of sp³-hybridized carbons (Fsp3) is 0.250. The molecule has 3 aromatic rings. The van der Waals surface area contributed by atoms with Gasteiger partial charge in [-0.2, -0.15) is 0 Å². The van der Waals surface area contributed by atoms with Crippen LogP contribution in [0.4, 0.5) is 11.4 Å². The zero-order valence-corrected chi connectivity index (χ0v) is 17.5. The molecule has 3 heteroatoms. The molecule has 0 unspecified atom stereocenters. The van der Waals surface area contributed by atoms with Crippen molar-refractivity contribution >= 4 is 19.4 Å². The Kier molecular flexibility index (Phi) is 6.35. The van der Waals surface area contributed by atoms with Crippen LogP contribution in [-0.4, -0.2) is 14.7 Å². The van der Waals surface area contributed by atoms with E-state index in [0.29, 0.717) is 0 Å². The number of rotatable bonds is 8. The van der Waals surface area contributed by atoms with E-state index in [9.17, 15) is 0 Å². The second kappa shape index (κ2) is 8.91. The molecule has 0 atom stereocenters. The van der Waals surface area contributed by atoms with Gasteiger partial charge >= 0.3 is 0 Å². The summed E-state index contributed by atoms with van der Waals surface area (Å²) in [5.74, 6) is 0.927. The molecule has 2 nitrogen and oxygen atoms in total. The second-order valence-electron chi connectivity index (χ2n) is 8.11. The molecule has 0 fully saturated rings. The average molecular weight is 376 g/mol. The van der Waals surface area contributed by atoms with Gasteiger partial charge < -0.3 is 10.1 Å². The summed E-state index contributed by atoms with van der Waals surface area (Å²) in [6.07, 6.45) is 1.13. The molecule has 0 radical (unpaired) electrons. The highest BCUT2D eigenvalue weighted by Gasteiger charge is 2.11. The lowest BCUT2D eigenvalue weighted by Crippen LogP contribution is -2.19. The van der Waals surface area contributed by atoms with Crippen LogP contribution in [0.1, 0.15) is 6.42 Å². The lowest BCUT2D eigenvalue weighted by Gasteiger charge is -2.15. The van der Waals surface area contributed by atoms with E-state index in [4.69, 9.17) is 4.74 Å². The van der Waals surface area contributed by atoms with E-state index in [1.807, 2.05) is 18.2 Å². The van der Waals surface area contributed by atoms with Crippen molar-refractivity contribution in [2.75, 3.05) is 11.9 Å². The van der Waals surface area contributed by atoms with Crippen LogP contribution in [0.5, 0.6) is 5.75 Å². The molecular weight excluding hydrogens is 346 g/mol. The van der Waals surface area contributed by atoms with Gasteiger partial charge in [-0.05, 0) is 41.8 Å². The van der Waals surface area contributed by atoms with Crippen molar-refractivity contribution in [1.29, 1.82) is 0 Å². The lowest BCUT2D eigenvalue weighted by molar-refractivity contribution is 0.317. The molecule has 1 N–H and O–H groups in total. The van der Waals surface area contributed by atoms with E-state index in [1.54, 1.807) is 0 Å². The van der Waals surface area contributed by atoms with Crippen LogP contribution < -0.4 is 10.1 Å². The molecule has 0 heterocycles. The Bertz CT molecular complexity index is 838. The first-order valence-corrected chi connectivity index (χ1v) is 13.4. The minimum absolute atomic E-state index is 0.791. The molecule has 27 heavy (non-hydrogen) atoms. The molecule has 0 aromatic heterocycles. The van der Waals surface area contributed by atoms with Gasteiger partial charge in [-0.1, -0.05) is 74.2 Å². The number of hydrogen-bond acceptors (Lipinski definition) is 2. The summed E-state index contributed by atoms with van der Waals surface area (Å²) in [6, 6.07) is 28.5. The van der Waals surface area contributed by atoms with Gasteiger partial charge in [-0.15, -0.1) is 0 Å². The Balaban J connectivity index is 1.58. The Hall–Kier alpha value is -2.52. The van der Waals surface area contributed by atoms with E-state index in [-0.39, 0.29) is 0 Å². The maximum atomic E-state index is 5.94. The Morgan fingerprint density at radius 2 is 1.44 bits per heavy atom. The normalized spacial score (nSPS) is 11.2. The van der Waals surface area contributed by atoms with E-state index in [0.717, 1.165) is 30.2 Å². The molecule has 3 aromatic carbocycles. The zero-order valence-electron chi connectivity index (χ0n) is 16.5. The Morgan fingerprint density at radius 1 is 0.741 bits per heavy atom. The largest absolute Gasteiger partial charge is 0.494 e. The van der Waals surface area contributed by atoms with Gasteiger partial charge in [-0.25, -0.2) is 0 Å². The number of anilines is 2. The molecule has 0 amide bonds. The third-order valence-corrected chi connectivity index (χ3v) is 6.31. The minimum Gasteiger partial charge on any atom is -0.494 e. The maximum absolute atomic E-state index is 5.94. The topological polar surface area (TPSA) is 21.3 Å². The zero-order chi connectivity index (χ0) is 19.1. The summed E-state index contributed by atoms with van der Waals surface area (Å²) in [5.41, 5.74) is 4.58. The monoisotopic (exact) mass is 375 g/mol. The van der Waals surface area contributed by atoms with Crippen LogP contribution in [-0.2, 0) is 0 Å². The van der Waals surface area contributed by atoms with E-state index in [2.05, 4.69) is 85.6 Å². The Morgan fingerprint density at radius 3 is 2.15 bits per heavy atom. The molecule has 0 aliphatic rings. The summed E-state index contributed by atoms with van der Waals surface area (Å²) >= 11 is 0. The van der Waals surface area contributed by atoms with Crippen LogP contribution in [0.25, 0.3) is 11.1 Å². The summed E-state index contributed by atoms with van der Waals surface area (Å²) in [4.78, 5) is 0. The second-order valence-corrected chi connectivity index (χ2v) is 13.7. The van der Waals surface area contributed by atoms with Crippen molar-refractivity contribution in [2.45, 2.75) is 32.1 Å². The molecular formula is C24H29NOSi. The predicted octanol–water partition coefficient (Wildman–Crippen LogP) is 7.20.